The van der Waals surface area contributed by atoms with Crippen molar-refractivity contribution in [2.75, 3.05) is 11.9 Å². The number of aliphatic hydroxyl groups excluding tert-OH is 1. The third kappa shape index (κ3) is 5.33. The number of amides is 1. The molecule has 0 spiro atoms. The highest BCUT2D eigenvalue weighted by Crippen LogP contribution is 2.21. The molecule has 4 nitrogen and oxygen atoms in total. The maximum absolute atomic E-state index is 11.9. The van der Waals surface area contributed by atoms with Crippen LogP contribution in [0, 0.1) is 11.3 Å². The van der Waals surface area contributed by atoms with Crippen LogP contribution >= 0.6 is 11.8 Å². The number of hydrogen-bond donors (Lipinski definition) is 2. The topological polar surface area (TPSA) is 73.1 Å². The van der Waals surface area contributed by atoms with E-state index in [1.807, 2.05) is 19.9 Å². The molecule has 5 heteroatoms. The van der Waals surface area contributed by atoms with Crippen LogP contribution in [0.1, 0.15) is 25.8 Å². The van der Waals surface area contributed by atoms with E-state index in [0.717, 1.165) is 0 Å². The predicted octanol–water partition coefficient (Wildman–Crippen LogP) is 2.39. The van der Waals surface area contributed by atoms with E-state index in [4.69, 9.17) is 10.4 Å². The Balaban J connectivity index is 2.51. The number of carbonyl (C=O) groups is 1. The summed E-state index contributed by atoms with van der Waals surface area (Å²) < 4.78 is 0. The molecule has 19 heavy (non-hydrogen) atoms. The molecule has 0 saturated heterocycles. The van der Waals surface area contributed by atoms with Crippen LogP contribution in [0.3, 0.4) is 0 Å². The van der Waals surface area contributed by atoms with Crippen molar-refractivity contribution in [3.8, 4) is 6.07 Å². The zero-order valence-electron chi connectivity index (χ0n) is 11.1. The van der Waals surface area contributed by atoms with Crippen molar-refractivity contribution >= 4 is 23.4 Å². The molecule has 0 radical (unpaired) electrons. The lowest BCUT2D eigenvalue weighted by atomic mass is 10.2. The van der Waals surface area contributed by atoms with E-state index in [1.54, 1.807) is 24.3 Å². The van der Waals surface area contributed by atoms with Gasteiger partial charge in [-0.2, -0.15) is 5.26 Å². The van der Waals surface area contributed by atoms with Crippen molar-refractivity contribution in [3.63, 3.8) is 0 Å². The van der Waals surface area contributed by atoms with E-state index in [-0.39, 0.29) is 23.0 Å². The average Bonchev–Trinajstić information content (AvgIpc) is 2.39. The molecule has 0 aromatic heterocycles. The molecular formula is C14H18N2O2S. The number of benzene rings is 1. The molecule has 0 aliphatic rings. The predicted molar refractivity (Wildman–Crippen MR) is 78.0 cm³/mol. The molecule has 102 valence electrons. The number of rotatable bonds is 6. The number of anilines is 1. The van der Waals surface area contributed by atoms with Crippen molar-refractivity contribution in [2.24, 2.45) is 0 Å². The minimum Gasteiger partial charge on any atom is -0.396 e. The van der Waals surface area contributed by atoms with Crippen LogP contribution < -0.4 is 5.32 Å². The Hall–Kier alpha value is -1.51. The molecule has 2 atom stereocenters. The summed E-state index contributed by atoms with van der Waals surface area (Å²) in [5, 5.41) is 20.4. The molecule has 0 bridgehead atoms. The van der Waals surface area contributed by atoms with Gasteiger partial charge in [-0.15, -0.1) is 11.8 Å². The van der Waals surface area contributed by atoms with Crippen LogP contribution in [-0.2, 0) is 4.79 Å². The van der Waals surface area contributed by atoms with Gasteiger partial charge in [0.25, 0.3) is 0 Å². The Bertz CT molecular complexity index is 454. The fourth-order valence-electron chi connectivity index (χ4n) is 1.53. The van der Waals surface area contributed by atoms with Gasteiger partial charge in [0.2, 0.25) is 5.91 Å². The summed E-state index contributed by atoms with van der Waals surface area (Å²) in [5.41, 5.74) is 1.25. The van der Waals surface area contributed by atoms with Crippen molar-refractivity contribution in [1.29, 1.82) is 5.26 Å². The van der Waals surface area contributed by atoms with Crippen LogP contribution in [0.25, 0.3) is 0 Å². The standard InChI is InChI=1S/C14H18N2O2S/c1-10(7-8-17)19-11(2)14(18)16-13-5-3-12(9-15)4-6-13/h3-6,10-11,17H,7-8H2,1-2H3,(H,16,18). The summed E-state index contributed by atoms with van der Waals surface area (Å²) in [6.45, 7) is 3.97. The molecule has 0 aliphatic heterocycles. The molecule has 0 saturated carbocycles. The highest BCUT2D eigenvalue weighted by Gasteiger charge is 2.16. The summed E-state index contributed by atoms with van der Waals surface area (Å²) >= 11 is 1.53. The van der Waals surface area contributed by atoms with Gasteiger partial charge in [-0.25, -0.2) is 0 Å². The smallest absolute Gasteiger partial charge is 0.237 e. The van der Waals surface area contributed by atoms with E-state index in [2.05, 4.69) is 5.32 Å². The van der Waals surface area contributed by atoms with Gasteiger partial charge < -0.3 is 10.4 Å². The van der Waals surface area contributed by atoms with E-state index < -0.39 is 0 Å². The number of nitriles is 1. The normalized spacial score (nSPS) is 13.4. The zero-order valence-corrected chi connectivity index (χ0v) is 11.9. The van der Waals surface area contributed by atoms with Crippen molar-refractivity contribution in [1.82, 2.24) is 0 Å². The average molecular weight is 278 g/mol. The quantitative estimate of drug-likeness (QED) is 0.838. The Kier molecular flexibility index (Phi) is 6.40. The van der Waals surface area contributed by atoms with Gasteiger partial charge in [-0.1, -0.05) is 6.92 Å². The lowest BCUT2D eigenvalue weighted by Crippen LogP contribution is -2.24. The Labute approximate surface area is 117 Å². The minimum absolute atomic E-state index is 0.0699. The van der Waals surface area contributed by atoms with Gasteiger partial charge in [0.15, 0.2) is 0 Å². The summed E-state index contributed by atoms with van der Waals surface area (Å²) in [7, 11) is 0. The van der Waals surface area contributed by atoms with Crippen LogP contribution in [0.2, 0.25) is 0 Å². The monoisotopic (exact) mass is 278 g/mol. The Morgan fingerprint density at radius 2 is 2.05 bits per heavy atom. The summed E-state index contributed by atoms with van der Waals surface area (Å²) in [5.74, 6) is -0.0699. The molecule has 0 fully saturated rings. The zero-order chi connectivity index (χ0) is 14.3. The molecule has 1 rings (SSSR count). The Morgan fingerprint density at radius 1 is 1.42 bits per heavy atom. The minimum atomic E-state index is -0.183. The van der Waals surface area contributed by atoms with Crippen LogP contribution in [0.4, 0.5) is 5.69 Å². The van der Waals surface area contributed by atoms with Gasteiger partial charge >= 0.3 is 0 Å². The first kappa shape index (κ1) is 15.5. The number of aliphatic hydroxyl groups is 1. The van der Waals surface area contributed by atoms with E-state index in [1.165, 1.54) is 11.8 Å². The van der Waals surface area contributed by atoms with Gasteiger partial charge in [0, 0.05) is 17.5 Å². The number of hydrogen-bond acceptors (Lipinski definition) is 4. The lowest BCUT2D eigenvalue weighted by molar-refractivity contribution is -0.115. The number of nitrogens with one attached hydrogen (secondary N) is 1. The second-order valence-corrected chi connectivity index (χ2v) is 6.06. The second-order valence-electron chi connectivity index (χ2n) is 4.28. The lowest BCUT2D eigenvalue weighted by Gasteiger charge is -2.16. The number of thioether (sulfide) groups is 1. The van der Waals surface area contributed by atoms with Crippen molar-refractivity contribution in [2.45, 2.75) is 30.8 Å². The van der Waals surface area contributed by atoms with E-state index in [9.17, 15) is 4.79 Å². The Morgan fingerprint density at radius 3 is 2.58 bits per heavy atom. The maximum atomic E-state index is 11.9. The van der Waals surface area contributed by atoms with Crippen LogP contribution in [0.15, 0.2) is 24.3 Å². The molecule has 1 aromatic rings. The highest BCUT2D eigenvalue weighted by molar-refractivity contribution is 8.01. The third-order valence-electron chi connectivity index (χ3n) is 2.62. The van der Waals surface area contributed by atoms with Crippen LogP contribution in [0.5, 0.6) is 0 Å². The van der Waals surface area contributed by atoms with Crippen molar-refractivity contribution < 1.29 is 9.90 Å². The molecular weight excluding hydrogens is 260 g/mol. The fraction of sp³-hybridized carbons (Fsp3) is 0.429. The second kappa shape index (κ2) is 7.82. The SMILES string of the molecule is CC(CCO)SC(C)C(=O)Nc1ccc(C#N)cc1. The highest BCUT2D eigenvalue weighted by atomic mass is 32.2. The van der Waals surface area contributed by atoms with E-state index >= 15 is 0 Å². The van der Waals surface area contributed by atoms with Gasteiger partial charge in [0.05, 0.1) is 16.9 Å². The van der Waals surface area contributed by atoms with Gasteiger partial charge in [-0.05, 0) is 37.6 Å². The fourth-order valence-corrected chi connectivity index (χ4v) is 2.65. The molecule has 2 unspecified atom stereocenters. The molecule has 0 aliphatic carbocycles. The third-order valence-corrected chi connectivity index (χ3v) is 3.95. The first-order valence-electron chi connectivity index (χ1n) is 6.14. The van der Waals surface area contributed by atoms with Gasteiger partial charge in [-0.3, -0.25) is 4.79 Å². The first-order chi connectivity index (χ1) is 9.06. The molecule has 0 heterocycles. The molecule has 1 amide bonds. The van der Waals surface area contributed by atoms with Crippen molar-refractivity contribution in [3.05, 3.63) is 29.8 Å². The summed E-state index contributed by atoms with van der Waals surface area (Å²) in [4.78, 5) is 11.9. The summed E-state index contributed by atoms with van der Waals surface area (Å²) in [6.07, 6.45) is 0.680. The number of carbonyl (C=O) groups excluding carboxylic acids is 1. The number of nitrogens with zero attached hydrogens (tertiary/aromatic N) is 1. The maximum Gasteiger partial charge on any atom is 0.237 e. The van der Waals surface area contributed by atoms with Crippen LogP contribution in [-0.4, -0.2) is 28.1 Å². The first-order valence-corrected chi connectivity index (χ1v) is 7.08. The molecule has 1 aromatic carbocycles. The molecule has 2 N–H and O–H groups in total. The largest absolute Gasteiger partial charge is 0.396 e. The van der Waals surface area contributed by atoms with E-state index in [0.29, 0.717) is 17.7 Å². The summed E-state index contributed by atoms with van der Waals surface area (Å²) in [6, 6.07) is 8.79. The van der Waals surface area contributed by atoms with Gasteiger partial charge in [0.1, 0.15) is 0 Å².